The Morgan fingerprint density at radius 3 is 2.67 bits per heavy atom. The van der Waals surface area contributed by atoms with Gasteiger partial charge in [-0.1, -0.05) is 30.3 Å². The minimum absolute atomic E-state index is 0.0792. The van der Waals surface area contributed by atoms with Crippen LogP contribution in [0.3, 0.4) is 0 Å². The molecule has 1 aliphatic carbocycles. The molecule has 1 fully saturated rings. The van der Waals surface area contributed by atoms with Crippen LogP contribution in [0.2, 0.25) is 0 Å². The smallest absolute Gasteiger partial charge is 0.489 e. The van der Waals surface area contributed by atoms with Gasteiger partial charge in [0.2, 0.25) is 5.88 Å². The van der Waals surface area contributed by atoms with Crippen molar-refractivity contribution in [2.45, 2.75) is 45.0 Å². The lowest BCUT2D eigenvalue weighted by Crippen LogP contribution is -2.19. The molecule has 2 heterocycles. The predicted molar refractivity (Wildman–Crippen MR) is 124 cm³/mol. The first-order valence-corrected chi connectivity index (χ1v) is 11.2. The van der Waals surface area contributed by atoms with E-state index in [4.69, 9.17) is 18.9 Å². The average molecular weight is 447 g/mol. The van der Waals surface area contributed by atoms with Gasteiger partial charge < -0.3 is 23.9 Å². The summed E-state index contributed by atoms with van der Waals surface area (Å²) in [5.74, 6) is 0.944. The number of pyridine rings is 1. The van der Waals surface area contributed by atoms with Gasteiger partial charge in [0.05, 0.1) is 23.9 Å². The van der Waals surface area contributed by atoms with Gasteiger partial charge in [0.25, 0.3) is 0 Å². The number of ether oxygens (including phenoxy) is 4. The predicted octanol–water partition coefficient (Wildman–Crippen LogP) is 5.90. The van der Waals surface area contributed by atoms with Crippen molar-refractivity contribution in [3.8, 4) is 11.6 Å². The van der Waals surface area contributed by atoms with Crippen LogP contribution in [0.5, 0.6) is 11.6 Å². The molecule has 0 aliphatic heterocycles. The van der Waals surface area contributed by atoms with Crippen LogP contribution in [0.1, 0.15) is 36.8 Å². The van der Waals surface area contributed by atoms with Crippen molar-refractivity contribution < 1.29 is 23.7 Å². The number of fused-ring (bicyclic) bond motifs is 3. The highest BCUT2D eigenvalue weighted by atomic mass is 16.7. The summed E-state index contributed by atoms with van der Waals surface area (Å²) in [4.78, 5) is 20.1. The molecular weight excluding hydrogens is 420 g/mol. The molecule has 0 amide bonds. The van der Waals surface area contributed by atoms with Gasteiger partial charge in [-0.25, -0.2) is 9.78 Å². The Labute approximate surface area is 191 Å². The largest absolute Gasteiger partial charge is 0.515 e. The zero-order valence-electron chi connectivity index (χ0n) is 18.5. The third kappa shape index (κ3) is 4.64. The van der Waals surface area contributed by atoms with Crippen molar-refractivity contribution in [2.75, 3.05) is 7.11 Å². The Kier molecular flexibility index (Phi) is 6.13. The number of benzene rings is 2. The molecule has 1 N–H and O–H groups in total. The number of H-pyrrole nitrogens is 1. The van der Waals surface area contributed by atoms with E-state index >= 15 is 0 Å². The number of methoxy groups -OCH3 is 1. The standard InChI is InChI=1S/C26H26N2O5/c1-30-16-21-24-20-13-19(31-15-17-7-3-2-4-8-17)11-12-22(20)28-23(24)14-27-25(21)33-26(29)32-18-9-5-6-10-18/h2-4,7-8,11-14,18,28H,5-6,9-10,15-16H2,1H3. The lowest BCUT2D eigenvalue weighted by atomic mass is 10.1. The molecule has 7 nitrogen and oxygen atoms in total. The minimum Gasteiger partial charge on any atom is -0.489 e. The third-order valence-corrected chi connectivity index (χ3v) is 5.95. The van der Waals surface area contributed by atoms with E-state index in [1.54, 1.807) is 13.3 Å². The van der Waals surface area contributed by atoms with Gasteiger partial charge in [-0.15, -0.1) is 0 Å². The molecule has 0 spiro atoms. The number of hydrogen-bond donors (Lipinski definition) is 1. The van der Waals surface area contributed by atoms with E-state index in [0.29, 0.717) is 12.2 Å². The van der Waals surface area contributed by atoms with Gasteiger partial charge in [-0.2, -0.15) is 0 Å². The first kappa shape index (κ1) is 21.3. The summed E-state index contributed by atoms with van der Waals surface area (Å²) in [6.45, 7) is 0.709. The van der Waals surface area contributed by atoms with Crippen LogP contribution in [0.4, 0.5) is 4.79 Å². The SMILES string of the molecule is COCc1c(OC(=O)OC2CCCC2)ncc2[nH]c3ccc(OCc4ccccc4)cc3c12. The zero-order valence-corrected chi connectivity index (χ0v) is 18.5. The van der Waals surface area contributed by atoms with E-state index in [2.05, 4.69) is 9.97 Å². The van der Waals surface area contributed by atoms with Crippen molar-refractivity contribution >= 4 is 28.0 Å². The normalized spacial score (nSPS) is 14.1. The molecule has 0 unspecified atom stereocenters. The number of rotatable bonds is 7. The van der Waals surface area contributed by atoms with Gasteiger partial charge in [0.1, 0.15) is 18.5 Å². The molecule has 7 heteroatoms. The molecule has 170 valence electrons. The second kappa shape index (κ2) is 9.50. The topological polar surface area (TPSA) is 82.7 Å². The molecular formula is C26H26N2O5. The quantitative estimate of drug-likeness (QED) is 0.356. The maximum absolute atomic E-state index is 12.4. The highest BCUT2D eigenvalue weighted by molar-refractivity contribution is 6.09. The number of hydrogen-bond acceptors (Lipinski definition) is 6. The molecule has 1 saturated carbocycles. The van der Waals surface area contributed by atoms with Crippen molar-refractivity contribution in [2.24, 2.45) is 0 Å². The molecule has 0 saturated heterocycles. The van der Waals surface area contributed by atoms with Crippen LogP contribution in [-0.4, -0.2) is 29.3 Å². The van der Waals surface area contributed by atoms with E-state index in [9.17, 15) is 4.79 Å². The molecule has 1 aliphatic rings. The fourth-order valence-electron chi connectivity index (χ4n) is 4.36. The number of aromatic nitrogens is 2. The van der Waals surface area contributed by atoms with Gasteiger partial charge in [0, 0.05) is 23.4 Å². The molecule has 0 bridgehead atoms. The van der Waals surface area contributed by atoms with E-state index in [1.807, 2.05) is 48.5 Å². The number of carbonyl (C=O) groups is 1. The monoisotopic (exact) mass is 446 g/mol. The number of aromatic amines is 1. The Morgan fingerprint density at radius 2 is 1.88 bits per heavy atom. The number of nitrogens with one attached hydrogen (secondary N) is 1. The van der Waals surface area contributed by atoms with Crippen molar-refractivity contribution in [1.82, 2.24) is 9.97 Å². The zero-order chi connectivity index (χ0) is 22.6. The lowest BCUT2D eigenvalue weighted by Gasteiger charge is -2.13. The second-order valence-corrected chi connectivity index (χ2v) is 8.25. The van der Waals surface area contributed by atoms with Crippen LogP contribution >= 0.6 is 0 Å². The Bertz CT molecular complexity index is 1260. The van der Waals surface area contributed by atoms with Gasteiger partial charge in [-0.3, -0.25) is 0 Å². The summed E-state index contributed by atoms with van der Waals surface area (Å²) >= 11 is 0. The van der Waals surface area contributed by atoms with E-state index in [0.717, 1.165) is 58.8 Å². The van der Waals surface area contributed by atoms with E-state index in [-0.39, 0.29) is 18.6 Å². The molecule has 0 atom stereocenters. The summed E-state index contributed by atoms with van der Waals surface area (Å²) in [5, 5.41) is 1.83. The van der Waals surface area contributed by atoms with E-state index in [1.165, 1.54) is 0 Å². The first-order valence-electron chi connectivity index (χ1n) is 11.2. The van der Waals surface area contributed by atoms with Crippen LogP contribution in [0.25, 0.3) is 21.8 Å². The first-order chi connectivity index (χ1) is 16.2. The third-order valence-electron chi connectivity index (χ3n) is 5.95. The second-order valence-electron chi connectivity index (χ2n) is 8.25. The summed E-state index contributed by atoms with van der Waals surface area (Å²) in [5.41, 5.74) is 3.54. The summed E-state index contributed by atoms with van der Waals surface area (Å²) in [6.07, 6.45) is 4.75. The lowest BCUT2D eigenvalue weighted by molar-refractivity contribution is 0.0591. The Balaban J connectivity index is 1.46. The van der Waals surface area contributed by atoms with Crippen molar-refractivity contribution in [3.63, 3.8) is 0 Å². The van der Waals surface area contributed by atoms with Crippen LogP contribution in [0.15, 0.2) is 54.7 Å². The number of nitrogens with zero attached hydrogens (tertiary/aromatic N) is 1. The highest BCUT2D eigenvalue weighted by Crippen LogP contribution is 2.35. The average Bonchev–Trinajstić information content (AvgIpc) is 3.47. The summed E-state index contributed by atoms with van der Waals surface area (Å²) in [6, 6.07) is 15.9. The highest BCUT2D eigenvalue weighted by Gasteiger charge is 2.23. The molecule has 2 aromatic carbocycles. The van der Waals surface area contributed by atoms with Crippen molar-refractivity contribution in [3.05, 3.63) is 65.9 Å². The molecule has 33 heavy (non-hydrogen) atoms. The van der Waals surface area contributed by atoms with Crippen molar-refractivity contribution in [1.29, 1.82) is 0 Å². The molecule has 2 aromatic heterocycles. The van der Waals surface area contributed by atoms with Gasteiger partial charge in [-0.05, 0) is 49.4 Å². The maximum atomic E-state index is 12.4. The van der Waals surface area contributed by atoms with Gasteiger partial charge >= 0.3 is 6.16 Å². The maximum Gasteiger partial charge on any atom is 0.515 e. The fraction of sp³-hybridized carbons (Fsp3) is 0.308. The fourth-order valence-corrected chi connectivity index (χ4v) is 4.36. The van der Waals surface area contributed by atoms with Crippen LogP contribution in [-0.2, 0) is 22.7 Å². The summed E-state index contributed by atoms with van der Waals surface area (Å²) < 4.78 is 22.4. The van der Waals surface area contributed by atoms with Crippen LogP contribution in [0, 0.1) is 0 Å². The molecule has 4 aromatic rings. The molecule has 0 radical (unpaired) electrons. The van der Waals surface area contributed by atoms with Crippen LogP contribution < -0.4 is 9.47 Å². The molecule has 5 rings (SSSR count). The minimum atomic E-state index is -0.724. The Hall–Kier alpha value is -3.58. The number of carbonyl (C=O) groups excluding carboxylic acids is 1. The summed E-state index contributed by atoms with van der Waals surface area (Å²) in [7, 11) is 1.60. The Morgan fingerprint density at radius 1 is 1.06 bits per heavy atom. The van der Waals surface area contributed by atoms with Gasteiger partial charge in [0.15, 0.2) is 0 Å². The van der Waals surface area contributed by atoms with E-state index < -0.39 is 6.16 Å².